The number of hydrogen-bond acceptors (Lipinski definition) is 1. The van der Waals surface area contributed by atoms with Crippen molar-refractivity contribution in [1.82, 2.24) is 5.32 Å². The Morgan fingerprint density at radius 1 is 1.11 bits per heavy atom. The minimum absolute atomic E-state index is 0.0516. The van der Waals surface area contributed by atoms with Crippen molar-refractivity contribution in [2.45, 2.75) is 51.6 Å². The van der Waals surface area contributed by atoms with Crippen LogP contribution in [0.5, 0.6) is 0 Å². The second-order valence-electron chi connectivity index (χ2n) is 5.40. The van der Waals surface area contributed by atoms with E-state index in [4.69, 9.17) is 0 Å². The minimum Gasteiger partial charge on any atom is -0.307 e. The molecule has 1 saturated carbocycles. The van der Waals surface area contributed by atoms with E-state index in [1.54, 1.807) is 6.07 Å². The summed E-state index contributed by atoms with van der Waals surface area (Å²) in [4.78, 5) is 0. The van der Waals surface area contributed by atoms with Gasteiger partial charge in [0.05, 0.1) is 0 Å². The Bertz CT molecular complexity index is 399. The molecule has 1 N–H and O–H groups in total. The third kappa shape index (κ3) is 3.08. The van der Waals surface area contributed by atoms with Gasteiger partial charge in [-0.05, 0) is 50.3 Å². The summed E-state index contributed by atoms with van der Waals surface area (Å²) in [5.74, 6) is -0.831. The van der Waals surface area contributed by atoms with E-state index in [2.05, 4.69) is 12.2 Å². The maximum absolute atomic E-state index is 13.2. The van der Waals surface area contributed by atoms with Crippen LogP contribution in [-0.4, -0.2) is 6.04 Å². The van der Waals surface area contributed by atoms with Crippen molar-refractivity contribution in [2.24, 2.45) is 5.92 Å². The predicted octanol–water partition coefficient (Wildman–Crippen LogP) is 4.19. The monoisotopic (exact) mass is 253 g/mol. The zero-order chi connectivity index (χ0) is 13.1. The largest absolute Gasteiger partial charge is 0.307 e. The first-order valence-corrected chi connectivity index (χ1v) is 6.79. The van der Waals surface area contributed by atoms with Gasteiger partial charge in [-0.2, -0.15) is 0 Å². The number of hydrogen-bond donors (Lipinski definition) is 1. The summed E-state index contributed by atoms with van der Waals surface area (Å²) in [6.07, 6.45) is 5.18. The van der Waals surface area contributed by atoms with Crippen LogP contribution in [0.15, 0.2) is 18.2 Å². The molecule has 1 aromatic rings. The lowest BCUT2D eigenvalue weighted by Crippen LogP contribution is -2.34. The van der Waals surface area contributed by atoms with E-state index in [1.807, 2.05) is 6.92 Å². The average Bonchev–Trinajstić information content (AvgIpc) is 2.86. The standard InChI is InChI=1S/C15H21F2N/c1-10(12-5-3-4-6-12)18-11(2)13-7-8-14(16)15(17)9-13/h7-12,18H,3-6H2,1-2H3/t10-,11?/m1/s1. The first kappa shape index (κ1) is 13.5. The summed E-state index contributed by atoms with van der Waals surface area (Å²) < 4.78 is 26.1. The van der Waals surface area contributed by atoms with Gasteiger partial charge in [-0.25, -0.2) is 8.78 Å². The highest BCUT2D eigenvalue weighted by atomic mass is 19.2. The molecule has 1 unspecified atom stereocenters. The van der Waals surface area contributed by atoms with Gasteiger partial charge in [-0.1, -0.05) is 18.9 Å². The van der Waals surface area contributed by atoms with Crippen LogP contribution in [0.1, 0.15) is 51.1 Å². The van der Waals surface area contributed by atoms with Crippen LogP contribution in [0.25, 0.3) is 0 Å². The molecule has 1 aliphatic carbocycles. The van der Waals surface area contributed by atoms with Gasteiger partial charge < -0.3 is 5.32 Å². The second kappa shape index (κ2) is 5.79. The lowest BCUT2D eigenvalue weighted by molar-refractivity contribution is 0.352. The Morgan fingerprint density at radius 2 is 1.78 bits per heavy atom. The van der Waals surface area contributed by atoms with Crippen LogP contribution in [0.2, 0.25) is 0 Å². The molecular weight excluding hydrogens is 232 g/mol. The average molecular weight is 253 g/mol. The summed E-state index contributed by atoms with van der Waals surface area (Å²) in [6, 6.07) is 4.61. The van der Waals surface area contributed by atoms with Crippen LogP contribution in [0.3, 0.4) is 0 Å². The molecule has 0 aliphatic heterocycles. The molecule has 0 saturated heterocycles. The molecule has 2 atom stereocenters. The van der Waals surface area contributed by atoms with E-state index < -0.39 is 11.6 Å². The van der Waals surface area contributed by atoms with E-state index in [0.29, 0.717) is 6.04 Å². The van der Waals surface area contributed by atoms with E-state index in [-0.39, 0.29) is 6.04 Å². The molecule has 1 aliphatic rings. The molecule has 1 nitrogen and oxygen atoms in total. The number of benzene rings is 1. The fraction of sp³-hybridized carbons (Fsp3) is 0.600. The second-order valence-corrected chi connectivity index (χ2v) is 5.40. The zero-order valence-corrected chi connectivity index (χ0v) is 11.0. The fourth-order valence-corrected chi connectivity index (χ4v) is 2.87. The Morgan fingerprint density at radius 3 is 2.39 bits per heavy atom. The van der Waals surface area contributed by atoms with E-state index >= 15 is 0 Å². The molecule has 0 radical (unpaired) electrons. The van der Waals surface area contributed by atoms with Crippen molar-refractivity contribution in [3.63, 3.8) is 0 Å². The first-order chi connectivity index (χ1) is 8.58. The summed E-state index contributed by atoms with van der Waals surface area (Å²) in [5, 5.41) is 3.50. The van der Waals surface area contributed by atoms with Gasteiger partial charge in [0.15, 0.2) is 11.6 Å². The molecule has 100 valence electrons. The topological polar surface area (TPSA) is 12.0 Å². The van der Waals surface area contributed by atoms with Gasteiger partial charge in [0.25, 0.3) is 0 Å². The van der Waals surface area contributed by atoms with Crippen molar-refractivity contribution in [3.8, 4) is 0 Å². The summed E-state index contributed by atoms with van der Waals surface area (Å²) in [7, 11) is 0. The van der Waals surface area contributed by atoms with Crippen molar-refractivity contribution >= 4 is 0 Å². The quantitative estimate of drug-likeness (QED) is 0.848. The van der Waals surface area contributed by atoms with Crippen LogP contribution in [0, 0.1) is 17.6 Å². The van der Waals surface area contributed by atoms with Gasteiger partial charge in [-0.3, -0.25) is 0 Å². The maximum Gasteiger partial charge on any atom is 0.159 e. The highest BCUT2D eigenvalue weighted by Gasteiger charge is 2.22. The van der Waals surface area contributed by atoms with Gasteiger partial charge in [0.1, 0.15) is 0 Å². The van der Waals surface area contributed by atoms with E-state index in [0.717, 1.165) is 11.5 Å². The maximum atomic E-state index is 13.2. The molecule has 0 heterocycles. The molecular formula is C15H21F2N. The van der Waals surface area contributed by atoms with Crippen molar-refractivity contribution in [1.29, 1.82) is 0 Å². The smallest absolute Gasteiger partial charge is 0.159 e. The third-order valence-electron chi connectivity index (χ3n) is 4.06. The number of halogens is 2. The molecule has 18 heavy (non-hydrogen) atoms. The molecule has 0 aromatic heterocycles. The normalized spacial score (nSPS) is 20.0. The number of nitrogens with one attached hydrogen (secondary N) is 1. The highest BCUT2D eigenvalue weighted by molar-refractivity contribution is 5.20. The van der Waals surface area contributed by atoms with Crippen molar-refractivity contribution in [3.05, 3.63) is 35.4 Å². The summed E-state index contributed by atoms with van der Waals surface area (Å²) in [6.45, 7) is 4.19. The minimum atomic E-state index is -0.783. The van der Waals surface area contributed by atoms with E-state index in [9.17, 15) is 8.78 Å². The Balaban J connectivity index is 1.97. The molecule has 1 aromatic carbocycles. The predicted molar refractivity (Wildman–Crippen MR) is 69.3 cm³/mol. The van der Waals surface area contributed by atoms with Crippen LogP contribution < -0.4 is 5.32 Å². The highest BCUT2D eigenvalue weighted by Crippen LogP contribution is 2.29. The summed E-state index contributed by atoms with van der Waals surface area (Å²) in [5.41, 5.74) is 0.804. The lowest BCUT2D eigenvalue weighted by atomic mass is 9.98. The molecule has 0 bridgehead atoms. The van der Waals surface area contributed by atoms with Gasteiger partial charge in [-0.15, -0.1) is 0 Å². The van der Waals surface area contributed by atoms with E-state index in [1.165, 1.54) is 37.8 Å². The molecule has 2 rings (SSSR count). The van der Waals surface area contributed by atoms with Crippen LogP contribution in [0.4, 0.5) is 8.78 Å². The van der Waals surface area contributed by atoms with Gasteiger partial charge in [0.2, 0.25) is 0 Å². The molecule has 3 heteroatoms. The fourth-order valence-electron chi connectivity index (χ4n) is 2.87. The first-order valence-electron chi connectivity index (χ1n) is 6.79. The van der Waals surface area contributed by atoms with Crippen LogP contribution in [-0.2, 0) is 0 Å². The zero-order valence-electron chi connectivity index (χ0n) is 11.0. The Hall–Kier alpha value is -0.960. The Labute approximate surface area is 108 Å². The van der Waals surface area contributed by atoms with Gasteiger partial charge in [0, 0.05) is 12.1 Å². The lowest BCUT2D eigenvalue weighted by Gasteiger charge is -2.25. The molecule has 1 fully saturated rings. The Kier molecular flexibility index (Phi) is 4.33. The van der Waals surface area contributed by atoms with Crippen molar-refractivity contribution in [2.75, 3.05) is 0 Å². The van der Waals surface area contributed by atoms with Crippen molar-refractivity contribution < 1.29 is 8.78 Å². The SMILES string of the molecule is CC(N[C@H](C)C1CCCC1)c1ccc(F)c(F)c1. The summed E-state index contributed by atoms with van der Waals surface area (Å²) >= 11 is 0. The van der Waals surface area contributed by atoms with Gasteiger partial charge >= 0.3 is 0 Å². The van der Waals surface area contributed by atoms with Crippen LogP contribution >= 0.6 is 0 Å². The number of rotatable bonds is 4. The molecule has 0 amide bonds. The molecule has 0 spiro atoms. The third-order valence-corrected chi connectivity index (χ3v) is 4.06.